The Morgan fingerprint density at radius 2 is 0.939 bits per heavy atom. The van der Waals surface area contributed by atoms with E-state index in [0.29, 0.717) is 11.1 Å². The van der Waals surface area contributed by atoms with E-state index in [2.05, 4.69) is 0 Å². The van der Waals surface area contributed by atoms with Crippen molar-refractivity contribution in [3.05, 3.63) is 71.8 Å². The zero-order chi connectivity index (χ0) is 24.4. The van der Waals surface area contributed by atoms with E-state index in [4.69, 9.17) is 6.15 Å². The van der Waals surface area contributed by atoms with Crippen LogP contribution in [0.4, 0.5) is 26.3 Å². The van der Waals surface area contributed by atoms with Crippen molar-refractivity contribution in [3.8, 4) is 0 Å². The van der Waals surface area contributed by atoms with Crippen LogP contribution in [0.5, 0.6) is 0 Å². The van der Waals surface area contributed by atoms with Gasteiger partial charge in [0.25, 0.3) is 0 Å². The van der Waals surface area contributed by atoms with Gasteiger partial charge in [-0.15, -0.1) is 0 Å². The molecule has 2 nitrogen and oxygen atoms in total. The molecule has 0 N–H and O–H groups in total. The van der Waals surface area contributed by atoms with Gasteiger partial charge >= 0.3 is 196 Å². The molecule has 2 aromatic rings. The molecule has 2 aromatic carbocycles. The quantitative estimate of drug-likeness (QED) is 0.172. The van der Waals surface area contributed by atoms with Gasteiger partial charge in [-0.25, -0.2) is 0 Å². The van der Waals surface area contributed by atoms with Gasteiger partial charge in [0.05, 0.1) is 0 Å². The molecule has 0 amide bonds. The van der Waals surface area contributed by atoms with Crippen LogP contribution in [-0.2, 0) is 6.15 Å². The van der Waals surface area contributed by atoms with Crippen LogP contribution in [0.1, 0.15) is 37.2 Å². The molecule has 0 aliphatic carbocycles. The maximum atomic E-state index is 14.7. The summed E-state index contributed by atoms with van der Waals surface area (Å²) < 4.78 is 93.9. The molecule has 6 atom stereocenters. The first kappa shape index (κ1) is 28.0. The van der Waals surface area contributed by atoms with E-state index in [1.165, 1.54) is 0 Å². The Labute approximate surface area is 196 Å². The van der Waals surface area contributed by atoms with Gasteiger partial charge in [0.15, 0.2) is 0 Å². The number of rotatable bonds is 14. The van der Waals surface area contributed by atoms with Gasteiger partial charge in [0, 0.05) is 0 Å². The van der Waals surface area contributed by atoms with Crippen molar-refractivity contribution in [3.63, 3.8) is 0 Å². The Kier molecular flexibility index (Phi) is 11.5. The topological polar surface area (TPSA) is 18.5 Å². The van der Waals surface area contributed by atoms with Crippen LogP contribution >= 0.6 is 0 Å². The number of benzene rings is 2. The van der Waals surface area contributed by atoms with E-state index in [1.807, 2.05) is 0 Å². The molecule has 0 bridgehead atoms. The zero-order valence-corrected chi connectivity index (χ0v) is 21.5. The minimum atomic E-state index is -5.12. The van der Waals surface area contributed by atoms with Crippen LogP contribution in [0, 0.1) is 0 Å². The summed E-state index contributed by atoms with van der Waals surface area (Å²) in [6, 6.07) is 17.5. The molecule has 33 heavy (non-hydrogen) atoms. The molecule has 0 fully saturated rings. The molecule has 6 unspecified atom stereocenters. The van der Waals surface area contributed by atoms with Crippen LogP contribution in [0.2, 0.25) is 8.87 Å². The number of alkyl halides is 6. The Morgan fingerprint density at radius 1 is 0.606 bits per heavy atom. The first-order chi connectivity index (χ1) is 15.7. The molecule has 0 heterocycles. The van der Waals surface area contributed by atoms with Crippen molar-refractivity contribution in [2.24, 2.45) is 0 Å². The predicted molar refractivity (Wildman–Crippen MR) is 119 cm³/mol. The van der Waals surface area contributed by atoms with Crippen LogP contribution in [0.3, 0.4) is 0 Å². The first-order valence-corrected chi connectivity index (χ1v) is 17.2. The second kappa shape index (κ2) is 13.6. The standard InChI is InChI=1S/2C8H9O.2C4H6F3.Sn/c2*1-7(9)8-5-3-2-4-6-8;2*1-3(6)4(7)2-5;/h2*2-7H,1H3;2*3-4H,1-2H2;/q2*-1;;;+2. The third-order valence-corrected chi connectivity index (χ3v) is 15.7. The summed E-state index contributed by atoms with van der Waals surface area (Å²) >= 11 is -5.12. The minimum absolute atomic E-state index is 0.671. The van der Waals surface area contributed by atoms with Gasteiger partial charge in [0.1, 0.15) is 0 Å². The maximum absolute atomic E-state index is 14.7. The summed E-state index contributed by atoms with van der Waals surface area (Å²) in [5.41, 5.74) is 1.34. The van der Waals surface area contributed by atoms with Crippen molar-refractivity contribution in [2.45, 2.75) is 59.6 Å². The Morgan fingerprint density at radius 3 is 1.24 bits per heavy atom. The average Bonchev–Trinajstić information content (AvgIpc) is 2.83. The van der Waals surface area contributed by atoms with Crippen LogP contribution in [0.15, 0.2) is 60.7 Å². The molecule has 9 heteroatoms. The third-order valence-electron chi connectivity index (χ3n) is 5.41. The van der Waals surface area contributed by atoms with E-state index < -0.39 is 78.3 Å². The van der Waals surface area contributed by atoms with Gasteiger partial charge in [-0.05, 0) is 0 Å². The summed E-state index contributed by atoms with van der Waals surface area (Å²) in [4.78, 5) is 0. The molecule has 0 aromatic heterocycles. The van der Waals surface area contributed by atoms with E-state index in [9.17, 15) is 26.3 Å². The molecule has 2 rings (SSSR count). The number of halogens is 6. The summed E-state index contributed by atoms with van der Waals surface area (Å²) in [6.45, 7) is 0.145. The van der Waals surface area contributed by atoms with Gasteiger partial charge < -0.3 is 0 Å². The molecule has 0 aliphatic rings. The molecule has 0 radical (unpaired) electrons. The van der Waals surface area contributed by atoms with Crippen molar-refractivity contribution in [1.82, 2.24) is 0 Å². The zero-order valence-electron chi connectivity index (χ0n) is 18.7. The first-order valence-electron chi connectivity index (χ1n) is 10.8. The summed E-state index contributed by atoms with van der Waals surface area (Å²) in [7, 11) is 0. The van der Waals surface area contributed by atoms with Crippen LogP contribution in [0.25, 0.3) is 0 Å². The van der Waals surface area contributed by atoms with Crippen molar-refractivity contribution >= 4 is 19.2 Å². The normalized spacial score (nSPS) is 19.2. The Balaban J connectivity index is 2.44. The number of hydrogen-bond acceptors (Lipinski definition) is 2. The van der Waals surface area contributed by atoms with Crippen LogP contribution < -0.4 is 0 Å². The molecule has 0 aliphatic heterocycles. The van der Waals surface area contributed by atoms with E-state index in [-0.39, 0.29) is 0 Å². The predicted octanol–water partition coefficient (Wildman–Crippen LogP) is 7.28. The monoisotopic (exact) mass is 584 g/mol. The summed E-state index contributed by atoms with van der Waals surface area (Å²) in [5.74, 6) is 0. The molecule has 0 saturated heterocycles. The van der Waals surface area contributed by atoms with Crippen LogP contribution in [-0.4, -0.2) is 57.2 Å². The molecular formula is C24H30F6O2Sn. The molecule has 0 saturated carbocycles. The third kappa shape index (κ3) is 8.47. The van der Waals surface area contributed by atoms with Crippen molar-refractivity contribution in [1.29, 1.82) is 0 Å². The average molecular weight is 583 g/mol. The Hall–Kier alpha value is -1.26. The Bertz CT molecular complexity index is 733. The fourth-order valence-corrected chi connectivity index (χ4v) is 14.6. The SMILES string of the molecule is CC([O][Sn]([CH2]C(F)C(F)CF)([CH2]C(F)C(F)CF)[O]C(C)c1ccccc1)c1ccccc1. The fraction of sp³-hybridized carbons (Fsp3) is 0.500. The molecular weight excluding hydrogens is 553 g/mol. The van der Waals surface area contributed by atoms with Gasteiger partial charge in [0.2, 0.25) is 0 Å². The fourth-order valence-electron chi connectivity index (χ4n) is 3.58. The van der Waals surface area contributed by atoms with Gasteiger partial charge in [-0.1, -0.05) is 0 Å². The second-order valence-corrected chi connectivity index (χ2v) is 16.9. The summed E-state index contributed by atoms with van der Waals surface area (Å²) in [5, 5.41) is 0. The van der Waals surface area contributed by atoms with E-state index in [0.717, 1.165) is 0 Å². The van der Waals surface area contributed by atoms with E-state index in [1.54, 1.807) is 74.5 Å². The molecule has 0 spiro atoms. The summed E-state index contributed by atoms with van der Waals surface area (Å²) in [6.07, 6.45) is -11.0. The molecule has 184 valence electrons. The number of hydrogen-bond donors (Lipinski definition) is 0. The van der Waals surface area contributed by atoms with E-state index >= 15 is 0 Å². The van der Waals surface area contributed by atoms with Gasteiger partial charge in [-0.3, -0.25) is 0 Å². The van der Waals surface area contributed by atoms with Crippen molar-refractivity contribution < 1.29 is 32.5 Å². The second-order valence-electron chi connectivity index (χ2n) is 8.03. The van der Waals surface area contributed by atoms with Gasteiger partial charge in [-0.2, -0.15) is 0 Å². The van der Waals surface area contributed by atoms with Crippen molar-refractivity contribution in [2.75, 3.05) is 13.3 Å².